The van der Waals surface area contributed by atoms with Crippen molar-refractivity contribution < 1.29 is 8.42 Å². The molecular formula is C27H41N3O2S. The molecule has 33 heavy (non-hydrogen) atoms. The molecule has 6 heteroatoms. The van der Waals surface area contributed by atoms with Crippen molar-refractivity contribution in [3.63, 3.8) is 0 Å². The van der Waals surface area contributed by atoms with E-state index in [1.807, 2.05) is 73.6 Å². The molecule has 0 aliphatic carbocycles. The molecule has 0 radical (unpaired) electrons. The van der Waals surface area contributed by atoms with Gasteiger partial charge in [0.2, 0.25) is 0 Å². The topological polar surface area (TPSA) is 85.9 Å². The van der Waals surface area contributed by atoms with E-state index < -0.39 is 15.1 Å². The van der Waals surface area contributed by atoms with Crippen LogP contribution in [-0.2, 0) is 9.84 Å². The molecule has 0 saturated carbocycles. The van der Waals surface area contributed by atoms with Crippen LogP contribution >= 0.6 is 0 Å². The Labute approximate surface area is 202 Å². The van der Waals surface area contributed by atoms with Gasteiger partial charge in [0.15, 0.2) is 21.3 Å². The van der Waals surface area contributed by atoms with E-state index >= 15 is 0 Å². The molecule has 0 aliphatic heterocycles. The fraction of sp³-hybridized carbons (Fsp3) is 0.407. The number of nitrogen functional groups attached to an aromatic ring is 1. The van der Waals surface area contributed by atoms with Crippen LogP contribution in [0.3, 0.4) is 0 Å². The Hall–Kier alpha value is -2.91. The molecule has 1 heterocycles. The first-order valence-corrected chi connectivity index (χ1v) is 13.1. The first-order valence-electron chi connectivity index (χ1n) is 11.6. The second kappa shape index (κ2) is 17.6. The van der Waals surface area contributed by atoms with Crippen LogP contribution in [0.4, 0.5) is 5.82 Å². The van der Waals surface area contributed by atoms with Gasteiger partial charge in [0, 0.05) is 11.1 Å². The number of benzene rings is 1. The van der Waals surface area contributed by atoms with Gasteiger partial charge in [-0.1, -0.05) is 77.8 Å². The van der Waals surface area contributed by atoms with Crippen molar-refractivity contribution in [1.29, 1.82) is 0 Å². The van der Waals surface area contributed by atoms with Crippen molar-refractivity contribution in [3.8, 4) is 23.1 Å². The molecule has 0 aliphatic rings. The average Bonchev–Trinajstić information content (AvgIpc) is 2.86. The normalized spacial score (nSPS) is 10.6. The van der Waals surface area contributed by atoms with Crippen molar-refractivity contribution >= 4 is 15.7 Å². The minimum absolute atomic E-state index is 0.251. The Morgan fingerprint density at radius 3 is 2.00 bits per heavy atom. The van der Waals surface area contributed by atoms with E-state index in [0.717, 1.165) is 11.1 Å². The number of hydrogen-bond acceptors (Lipinski definition) is 5. The number of sulfone groups is 1. The summed E-state index contributed by atoms with van der Waals surface area (Å²) in [4.78, 5) is 8.92. The molecule has 0 atom stereocenters. The summed E-state index contributed by atoms with van der Waals surface area (Å²) in [6, 6.07) is 6.59. The molecule has 182 valence electrons. The second-order valence-electron chi connectivity index (χ2n) is 6.10. The minimum atomic E-state index is -3.31. The summed E-state index contributed by atoms with van der Waals surface area (Å²) in [5, 5.41) is -0.473. The number of anilines is 1. The third kappa shape index (κ3) is 10.0. The summed E-state index contributed by atoms with van der Waals surface area (Å²) in [5.41, 5.74) is 8.45. The summed E-state index contributed by atoms with van der Waals surface area (Å²) in [6.45, 7) is 19.1. The van der Waals surface area contributed by atoms with Crippen molar-refractivity contribution in [2.45, 2.75) is 79.4 Å². The van der Waals surface area contributed by atoms with Crippen molar-refractivity contribution in [1.82, 2.24) is 9.97 Å². The summed E-state index contributed by atoms with van der Waals surface area (Å²) < 4.78 is 24.5. The molecule has 0 amide bonds. The summed E-state index contributed by atoms with van der Waals surface area (Å²) >= 11 is 0. The number of rotatable bonds is 4. The number of nitrogens with zero attached hydrogens (tertiary/aromatic N) is 2. The average molecular weight is 472 g/mol. The summed E-state index contributed by atoms with van der Waals surface area (Å²) in [6.07, 6.45) is 7.25. The Kier molecular flexibility index (Phi) is 17.2. The SMILES string of the molecule is C/C=C\C(C#Cc1nc(-c2ccc(S(=O)(=O)C(C)C)cc2)cnc1N)=C/C.CC.CC.CC. The maximum absolute atomic E-state index is 12.2. The van der Waals surface area contributed by atoms with Crippen LogP contribution in [0.1, 0.15) is 74.9 Å². The van der Waals surface area contributed by atoms with E-state index in [9.17, 15) is 8.42 Å². The first-order chi connectivity index (χ1) is 15.8. The van der Waals surface area contributed by atoms with Crippen LogP contribution in [0.2, 0.25) is 0 Å². The number of allylic oxidation sites excluding steroid dienone is 4. The third-order valence-corrected chi connectivity index (χ3v) is 6.05. The predicted molar refractivity (Wildman–Crippen MR) is 144 cm³/mol. The van der Waals surface area contributed by atoms with E-state index in [-0.39, 0.29) is 10.7 Å². The molecule has 0 fully saturated rings. The van der Waals surface area contributed by atoms with E-state index in [2.05, 4.69) is 21.8 Å². The van der Waals surface area contributed by atoms with Gasteiger partial charge in [-0.05, 0) is 45.7 Å². The molecule has 1 aromatic heterocycles. The molecule has 2 aromatic rings. The Morgan fingerprint density at radius 2 is 1.55 bits per heavy atom. The second-order valence-corrected chi connectivity index (χ2v) is 8.61. The maximum Gasteiger partial charge on any atom is 0.180 e. The van der Waals surface area contributed by atoms with Crippen LogP contribution < -0.4 is 5.73 Å². The van der Waals surface area contributed by atoms with Gasteiger partial charge in [-0.15, -0.1) is 0 Å². The van der Waals surface area contributed by atoms with E-state index in [0.29, 0.717) is 11.4 Å². The summed E-state index contributed by atoms with van der Waals surface area (Å²) in [5.74, 6) is 6.21. The van der Waals surface area contributed by atoms with Gasteiger partial charge in [-0.3, -0.25) is 0 Å². The zero-order chi connectivity index (χ0) is 26.0. The van der Waals surface area contributed by atoms with Gasteiger partial charge in [0.05, 0.1) is 22.0 Å². The fourth-order valence-corrected chi connectivity index (χ4v) is 3.30. The fourth-order valence-electron chi connectivity index (χ4n) is 2.24. The maximum atomic E-state index is 12.2. The molecule has 0 saturated heterocycles. The van der Waals surface area contributed by atoms with E-state index in [1.54, 1.807) is 44.3 Å². The van der Waals surface area contributed by atoms with Crippen LogP contribution in [0.5, 0.6) is 0 Å². The van der Waals surface area contributed by atoms with Crippen LogP contribution in [0.25, 0.3) is 11.3 Å². The molecule has 2 rings (SSSR count). The third-order valence-electron chi connectivity index (χ3n) is 3.88. The highest BCUT2D eigenvalue weighted by atomic mass is 32.2. The molecule has 2 N–H and O–H groups in total. The molecule has 1 aromatic carbocycles. The monoisotopic (exact) mass is 471 g/mol. The standard InChI is InChI=1S/C21H23N3O2S.3C2H6/c1-5-7-16(6-2)8-13-19-21(22)23-14-20(24-19)17-9-11-18(12-10-17)27(25,26)15(3)4;3*1-2/h5-7,9-12,14-15H,1-4H3,(H2,22,23);3*1-2H3/b7-5-,16-6+;;;. The Bertz CT molecular complexity index is 1040. The van der Waals surface area contributed by atoms with Gasteiger partial charge in [0.25, 0.3) is 0 Å². The van der Waals surface area contributed by atoms with E-state index in [4.69, 9.17) is 5.73 Å². The van der Waals surface area contributed by atoms with Crippen molar-refractivity contribution in [2.24, 2.45) is 0 Å². The number of hydrogen-bond donors (Lipinski definition) is 1. The zero-order valence-electron chi connectivity index (χ0n) is 21.9. The highest BCUT2D eigenvalue weighted by Crippen LogP contribution is 2.22. The van der Waals surface area contributed by atoms with Crippen LogP contribution in [0.15, 0.2) is 59.2 Å². The number of aromatic nitrogens is 2. The highest BCUT2D eigenvalue weighted by Gasteiger charge is 2.19. The Balaban J connectivity index is 0. The lowest BCUT2D eigenvalue weighted by atomic mass is 10.1. The van der Waals surface area contributed by atoms with Gasteiger partial charge < -0.3 is 5.73 Å². The molecule has 5 nitrogen and oxygen atoms in total. The lowest BCUT2D eigenvalue weighted by Gasteiger charge is -2.08. The smallest absolute Gasteiger partial charge is 0.180 e. The quantitative estimate of drug-likeness (QED) is 0.389. The van der Waals surface area contributed by atoms with Gasteiger partial charge in [0.1, 0.15) is 0 Å². The van der Waals surface area contributed by atoms with E-state index in [1.165, 1.54) is 0 Å². The van der Waals surface area contributed by atoms with Crippen molar-refractivity contribution in [2.75, 3.05) is 5.73 Å². The first kappa shape index (κ1) is 32.3. The van der Waals surface area contributed by atoms with Gasteiger partial charge >= 0.3 is 0 Å². The van der Waals surface area contributed by atoms with Crippen LogP contribution in [-0.4, -0.2) is 23.6 Å². The van der Waals surface area contributed by atoms with Gasteiger partial charge in [-0.2, -0.15) is 0 Å². The Morgan fingerprint density at radius 1 is 1.00 bits per heavy atom. The highest BCUT2D eigenvalue weighted by molar-refractivity contribution is 7.92. The molecule has 0 spiro atoms. The lowest BCUT2D eigenvalue weighted by Crippen LogP contribution is -2.13. The van der Waals surface area contributed by atoms with Gasteiger partial charge in [-0.25, -0.2) is 18.4 Å². The molecular weight excluding hydrogens is 430 g/mol. The minimum Gasteiger partial charge on any atom is -0.381 e. The largest absolute Gasteiger partial charge is 0.381 e. The zero-order valence-corrected chi connectivity index (χ0v) is 22.7. The lowest BCUT2D eigenvalue weighted by molar-refractivity contribution is 0.587. The number of nitrogens with two attached hydrogens (primary N) is 1. The molecule has 0 unspecified atom stereocenters. The molecule has 0 bridgehead atoms. The van der Waals surface area contributed by atoms with Crippen molar-refractivity contribution in [3.05, 3.63) is 60.0 Å². The summed E-state index contributed by atoms with van der Waals surface area (Å²) in [7, 11) is -3.31. The predicted octanol–water partition coefficient (Wildman–Crippen LogP) is 6.86. The van der Waals surface area contributed by atoms with Crippen LogP contribution in [0, 0.1) is 11.8 Å².